The summed E-state index contributed by atoms with van der Waals surface area (Å²) in [6.45, 7) is 10.1. The molecule has 2 atom stereocenters. The molecule has 1 fully saturated rings. The number of aromatic nitrogens is 2. The number of aryl methyl sites for hydroxylation is 2. The molecule has 0 radical (unpaired) electrons. The van der Waals surface area contributed by atoms with Crippen LogP contribution in [0.15, 0.2) is 30.3 Å². The number of rotatable bonds is 5. The summed E-state index contributed by atoms with van der Waals surface area (Å²) in [5, 5.41) is 7.18. The highest BCUT2D eigenvalue weighted by molar-refractivity contribution is 6.02. The second kappa shape index (κ2) is 7.40. The summed E-state index contributed by atoms with van der Waals surface area (Å²) < 4.78 is 1.71. The molecule has 0 spiro atoms. The van der Waals surface area contributed by atoms with Crippen molar-refractivity contribution < 1.29 is 4.79 Å². The Bertz CT molecular complexity index is 722. The molecule has 25 heavy (non-hydrogen) atoms. The van der Waals surface area contributed by atoms with Crippen molar-refractivity contribution in [3.05, 3.63) is 47.3 Å². The molecule has 1 aromatic carbocycles. The maximum Gasteiger partial charge on any atom is 0.276 e. The van der Waals surface area contributed by atoms with E-state index in [1.807, 2.05) is 26.1 Å². The lowest BCUT2D eigenvalue weighted by Gasteiger charge is -2.15. The number of likely N-dealkylation sites (tertiary alicyclic amines) is 1. The zero-order valence-electron chi connectivity index (χ0n) is 15.6. The van der Waals surface area contributed by atoms with Crippen LogP contribution < -0.4 is 5.32 Å². The van der Waals surface area contributed by atoms with Gasteiger partial charge in [0.15, 0.2) is 5.69 Å². The summed E-state index contributed by atoms with van der Waals surface area (Å²) in [5.41, 5.74) is 3.49. The molecule has 0 unspecified atom stereocenters. The van der Waals surface area contributed by atoms with Crippen LogP contribution >= 0.6 is 0 Å². The number of nitrogens with one attached hydrogen (secondary N) is 1. The predicted octanol–water partition coefficient (Wildman–Crippen LogP) is 3.11. The standard InChI is InChI=1S/C20H28N4O/c1-14-12-24(13-15(14)2)9-8-17-6-5-7-18(11-17)21-20(25)19-10-16(3)23(4)22-19/h5-7,10-11,14-15H,8-9,12-13H2,1-4H3,(H,21,25)/t14-,15+. The first kappa shape index (κ1) is 17.7. The molecule has 0 aliphatic carbocycles. The Morgan fingerprint density at radius 1 is 1.24 bits per heavy atom. The fourth-order valence-corrected chi connectivity index (χ4v) is 3.39. The lowest BCUT2D eigenvalue weighted by Crippen LogP contribution is -2.23. The molecule has 134 valence electrons. The van der Waals surface area contributed by atoms with Crippen molar-refractivity contribution in [3.63, 3.8) is 0 Å². The van der Waals surface area contributed by atoms with E-state index in [2.05, 4.69) is 41.3 Å². The van der Waals surface area contributed by atoms with Crippen LogP contribution in [-0.4, -0.2) is 40.2 Å². The molecule has 2 heterocycles. The van der Waals surface area contributed by atoms with Crippen molar-refractivity contribution in [1.29, 1.82) is 0 Å². The number of carbonyl (C=O) groups is 1. The molecule has 1 saturated heterocycles. The zero-order valence-corrected chi connectivity index (χ0v) is 15.6. The first-order chi connectivity index (χ1) is 11.9. The lowest BCUT2D eigenvalue weighted by molar-refractivity contribution is 0.102. The van der Waals surface area contributed by atoms with Gasteiger partial charge in [0, 0.05) is 38.1 Å². The van der Waals surface area contributed by atoms with Crippen LogP contribution in [-0.2, 0) is 13.5 Å². The van der Waals surface area contributed by atoms with Crippen LogP contribution in [0.1, 0.15) is 35.6 Å². The second-order valence-corrected chi connectivity index (χ2v) is 7.41. The zero-order chi connectivity index (χ0) is 18.0. The average Bonchev–Trinajstić information content (AvgIpc) is 3.08. The van der Waals surface area contributed by atoms with Gasteiger partial charge < -0.3 is 10.2 Å². The van der Waals surface area contributed by atoms with Crippen molar-refractivity contribution in [2.75, 3.05) is 25.0 Å². The molecule has 1 aliphatic heterocycles. The minimum absolute atomic E-state index is 0.164. The third kappa shape index (κ3) is 4.28. The summed E-state index contributed by atoms with van der Waals surface area (Å²) in [4.78, 5) is 14.9. The summed E-state index contributed by atoms with van der Waals surface area (Å²) in [6.07, 6.45) is 1.01. The SMILES string of the molecule is Cc1cc(C(=O)Nc2cccc(CCN3C[C@@H](C)[C@@H](C)C3)c2)nn1C. The van der Waals surface area contributed by atoms with E-state index in [9.17, 15) is 4.79 Å². The number of hydrogen-bond donors (Lipinski definition) is 1. The molecule has 3 rings (SSSR count). The molecule has 5 nitrogen and oxygen atoms in total. The number of benzene rings is 1. The highest BCUT2D eigenvalue weighted by Crippen LogP contribution is 2.22. The summed E-state index contributed by atoms with van der Waals surface area (Å²) >= 11 is 0. The highest BCUT2D eigenvalue weighted by atomic mass is 16.1. The van der Waals surface area contributed by atoms with Crippen LogP contribution in [0.25, 0.3) is 0 Å². The van der Waals surface area contributed by atoms with E-state index in [-0.39, 0.29) is 5.91 Å². The largest absolute Gasteiger partial charge is 0.321 e. The van der Waals surface area contributed by atoms with Crippen molar-refractivity contribution in [3.8, 4) is 0 Å². The van der Waals surface area contributed by atoms with E-state index < -0.39 is 0 Å². The van der Waals surface area contributed by atoms with E-state index in [1.165, 1.54) is 18.7 Å². The lowest BCUT2D eigenvalue weighted by atomic mass is 10.0. The highest BCUT2D eigenvalue weighted by Gasteiger charge is 2.25. The second-order valence-electron chi connectivity index (χ2n) is 7.41. The maximum atomic E-state index is 12.3. The Balaban J connectivity index is 1.58. The van der Waals surface area contributed by atoms with Crippen LogP contribution in [0.5, 0.6) is 0 Å². The van der Waals surface area contributed by atoms with Gasteiger partial charge in [-0.05, 0) is 48.9 Å². The van der Waals surface area contributed by atoms with Gasteiger partial charge in [-0.3, -0.25) is 9.48 Å². The minimum Gasteiger partial charge on any atom is -0.321 e. The Labute approximate surface area is 150 Å². The molecule has 1 aromatic heterocycles. The Morgan fingerprint density at radius 3 is 2.60 bits per heavy atom. The van der Waals surface area contributed by atoms with Crippen LogP contribution in [0.4, 0.5) is 5.69 Å². The molecular weight excluding hydrogens is 312 g/mol. The molecule has 2 aromatic rings. The summed E-state index contributed by atoms with van der Waals surface area (Å²) in [6, 6.07) is 9.93. The molecule has 1 aliphatic rings. The Hall–Kier alpha value is -2.14. The normalized spacial score (nSPS) is 20.8. The minimum atomic E-state index is -0.164. The van der Waals surface area contributed by atoms with Gasteiger partial charge >= 0.3 is 0 Å². The number of carbonyl (C=O) groups excluding carboxylic acids is 1. The van der Waals surface area contributed by atoms with E-state index in [0.29, 0.717) is 5.69 Å². The third-order valence-electron chi connectivity index (χ3n) is 5.31. The van der Waals surface area contributed by atoms with E-state index in [4.69, 9.17) is 0 Å². The molecule has 1 amide bonds. The number of nitrogens with zero attached hydrogens (tertiary/aromatic N) is 3. The van der Waals surface area contributed by atoms with Crippen molar-refractivity contribution >= 4 is 11.6 Å². The predicted molar refractivity (Wildman–Crippen MR) is 101 cm³/mol. The fraction of sp³-hybridized carbons (Fsp3) is 0.500. The van der Waals surface area contributed by atoms with Gasteiger partial charge in [-0.25, -0.2) is 0 Å². The molecule has 5 heteroatoms. The van der Waals surface area contributed by atoms with E-state index >= 15 is 0 Å². The smallest absolute Gasteiger partial charge is 0.276 e. The quantitative estimate of drug-likeness (QED) is 0.910. The molecular formula is C20H28N4O. The Morgan fingerprint density at radius 2 is 1.96 bits per heavy atom. The first-order valence-corrected chi connectivity index (χ1v) is 9.05. The molecule has 1 N–H and O–H groups in total. The topological polar surface area (TPSA) is 50.2 Å². The van der Waals surface area contributed by atoms with E-state index in [0.717, 1.165) is 36.2 Å². The summed E-state index contributed by atoms with van der Waals surface area (Å²) in [5.74, 6) is 1.41. The third-order valence-corrected chi connectivity index (χ3v) is 5.31. The molecule has 0 bridgehead atoms. The summed E-state index contributed by atoms with van der Waals surface area (Å²) in [7, 11) is 1.84. The number of amides is 1. The van der Waals surface area contributed by atoms with E-state index in [1.54, 1.807) is 10.7 Å². The van der Waals surface area contributed by atoms with Gasteiger partial charge in [0.25, 0.3) is 5.91 Å². The van der Waals surface area contributed by atoms with Gasteiger partial charge in [0.05, 0.1) is 0 Å². The Kier molecular flexibility index (Phi) is 5.23. The first-order valence-electron chi connectivity index (χ1n) is 9.05. The van der Waals surface area contributed by atoms with Gasteiger partial charge in [0.2, 0.25) is 0 Å². The van der Waals surface area contributed by atoms with Crippen LogP contribution in [0, 0.1) is 18.8 Å². The number of anilines is 1. The average molecular weight is 340 g/mol. The maximum absolute atomic E-state index is 12.3. The fourth-order valence-electron chi connectivity index (χ4n) is 3.39. The van der Waals surface area contributed by atoms with Crippen molar-refractivity contribution in [2.24, 2.45) is 18.9 Å². The van der Waals surface area contributed by atoms with Crippen LogP contribution in [0.3, 0.4) is 0 Å². The number of hydrogen-bond acceptors (Lipinski definition) is 3. The van der Waals surface area contributed by atoms with Gasteiger partial charge in [-0.15, -0.1) is 0 Å². The van der Waals surface area contributed by atoms with Crippen molar-refractivity contribution in [2.45, 2.75) is 27.2 Å². The van der Waals surface area contributed by atoms with Crippen LogP contribution in [0.2, 0.25) is 0 Å². The molecule has 0 saturated carbocycles. The van der Waals surface area contributed by atoms with Gasteiger partial charge in [0.1, 0.15) is 0 Å². The van der Waals surface area contributed by atoms with Gasteiger partial charge in [-0.2, -0.15) is 5.10 Å². The van der Waals surface area contributed by atoms with Gasteiger partial charge in [-0.1, -0.05) is 26.0 Å². The monoisotopic (exact) mass is 340 g/mol. The van der Waals surface area contributed by atoms with Crippen molar-refractivity contribution in [1.82, 2.24) is 14.7 Å².